The number of aryl methyl sites for hydroxylation is 1. The minimum atomic E-state index is -3.49. The van der Waals surface area contributed by atoms with Gasteiger partial charge in [0.25, 0.3) is 0 Å². The van der Waals surface area contributed by atoms with E-state index in [9.17, 15) is 13.2 Å². The summed E-state index contributed by atoms with van der Waals surface area (Å²) in [5.41, 5.74) is 8.21. The van der Waals surface area contributed by atoms with Crippen molar-refractivity contribution in [3.8, 4) is 11.5 Å². The SMILES string of the molecule is CC(C)C(=O)c1cc(-c2nnc([C@H](C)N)o2)cc(N(C)S(C)(=O)=O)c1.Cc1ccccc1. The van der Waals surface area contributed by atoms with Gasteiger partial charge in [0.1, 0.15) is 0 Å². The van der Waals surface area contributed by atoms with Gasteiger partial charge in [0, 0.05) is 24.1 Å². The van der Waals surface area contributed by atoms with E-state index in [0.29, 0.717) is 16.8 Å². The van der Waals surface area contributed by atoms with Crippen LogP contribution in [0.1, 0.15) is 48.6 Å². The molecule has 2 N–H and O–H groups in total. The van der Waals surface area contributed by atoms with Crippen LogP contribution < -0.4 is 10.0 Å². The van der Waals surface area contributed by atoms with E-state index in [1.807, 2.05) is 18.2 Å². The summed E-state index contributed by atoms with van der Waals surface area (Å²) in [6, 6.07) is 14.6. The Bertz CT molecular complexity index is 1160. The third kappa shape index (κ3) is 6.73. The Kier molecular flexibility index (Phi) is 8.29. The molecule has 172 valence electrons. The zero-order valence-electron chi connectivity index (χ0n) is 19.2. The fourth-order valence-corrected chi connectivity index (χ4v) is 3.14. The van der Waals surface area contributed by atoms with Crippen LogP contribution in [0.25, 0.3) is 11.5 Å². The minimum Gasteiger partial charge on any atom is -0.419 e. The van der Waals surface area contributed by atoms with E-state index < -0.39 is 16.1 Å². The number of aromatic nitrogens is 2. The van der Waals surface area contributed by atoms with Crippen LogP contribution in [0.3, 0.4) is 0 Å². The van der Waals surface area contributed by atoms with Gasteiger partial charge >= 0.3 is 0 Å². The largest absolute Gasteiger partial charge is 0.419 e. The Balaban J connectivity index is 0.000000439. The lowest BCUT2D eigenvalue weighted by Crippen LogP contribution is -2.25. The van der Waals surface area contributed by atoms with Gasteiger partial charge in [-0.1, -0.05) is 49.7 Å². The lowest BCUT2D eigenvalue weighted by Gasteiger charge is -2.18. The summed E-state index contributed by atoms with van der Waals surface area (Å²) >= 11 is 0. The lowest BCUT2D eigenvalue weighted by molar-refractivity contribution is 0.0939. The molecule has 0 amide bonds. The number of carbonyl (C=O) groups is 1. The average Bonchev–Trinajstić information content (AvgIpc) is 3.23. The molecule has 1 atom stereocenters. The van der Waals surface area contributed by atoms with E-state index >= 15 is 0 Å². The van der Waals surface area contributed by atoms with Crippen molar-refractivity contribution in [3.05, 3.63) is 65.5 Å². The molecule has 0 unspecified atom stereocenters. The highest BCUT2D eigenvalue weighted by atomic mass is 32.2. The third-order valence-corrected chi connectivity index (χ3v) is 5.81. The maximum Gasteiger partial charge on any atom is 0.247 e. The van der Waals surface area contributed by atoms with E-state index in [0.717, 1.165) is 10.6 Å². The molecule has 9 heteroatoms. The molecule has 0 aliphatic heterocycles. The average molecular weight is 459 g/mol. The van der Waals surface area contributed by atoms with Crippen LogP contribution in [0, 0.1) is 12.8 Å². The second kappa shape index (κ2) is 10.5. The maximum atomic E-state index is 12.4. The number of benzene rings is 2. The number of Topliss-reactive ketones (excluding diaryl/α,β-unsaturated/α-hetero) is 1. The highest BCUT2D eigenvalue weighted by Gasteiger charge is 2.20. The summed E-state index contributed by atoms with van der Waals surface area (Å²) in [6.07, 6.45) is 1.09. The number of hydrogen-bond acceptors (Lipinski definition) is 7. The van der Waals surface area contributed by atoms with Gasteiger partial charge in [-0.25, -0.2) is 8.42 Å². The van der Waals surface area contributed by atoms with Gasteiger partial charge in [0.15, 0.2) is 5.78 Å². The number of nitrogens with zero attached hydrogens (tertiary/aromatic N) is 3. The van der Waals surface area contributed by atoms with Crippen molar-refractivity contribution < 1.29 is 17.6 Å². The first-order valence-electron chi connectivity index (χ1n) is 10.1. The highest BCUT2D eigenvalue weighted by Crippen LogP contribution is 2.28. The van der Waals surface area contributed by atoms with Crippen LogP contribution >= 0.6 is 0 Å². The number of nitrogens with two attached hydrogens (primary N) is 1. The molecule has 3 aromatic rings. The molecule has 0 saturated heterocycles. The van der Waals surface area contributed by atoms with Crippen LogP contribution in [0.4, 0.5) is 5.69 Å². The molecule has 3 rings (SSSR count). The van der Waals surface area contributed by atoms with Crippen LogP contribution in [-0.2, 0) is 10.0 Å². The predicted molar refractivity (Wildman–Crippen MR) is 126 cm³/mol. The molecule has 0 bridgehead atoms. The number of ketones is 1. The topological polar surface area (TPSA) is 119 Å². The van der Waals surface area contributed by atoms with E-state index in [-0.39, 0.29) is 23.5 Å². The van der Waals surface area contributed by atoms with Crippen LogP contribution in [0.2, 0.25) is 0 Å². The molecule has 2 aromatic carbocycles. The second-order valence-corrected chi connectivity index (χ2v) is 9.92. The lowest BCUT2D eigenvalue weighted by atomic mass is 9.98. The Morgan fingerprint density at radius 1 is 1.06 bits per heavy atom. The van der Waals surface area contributed by atoms with E-state index in [1.54, 1.807) is 32.9 Å². The Hall–Kier alpha value is -3.04. The summed E-state index contributed by atoms with van der Waals surface area (Å²) < 4.78 is 30.3. The first kappa shape index (κ1) is 25.2. The molecule has 0 aliphatic carbocycles. The Morgan fingerprint density at radius 3 is 2.12 bits per heavy atom. The molecule has 0 saturated carbocycles. The molecule has 1 aromatic heterocycles. The van der Waals surface area contributed by atoms with Gasteiger partial charge < -0.3 is 10.2 Å². The zero-order valence-corrected chi connectivity index (χ0v) is 20.1. The smallest absolute Gasteiger partial charge is 0.247 e. The zero-order chi connectivity index (χ0) is 24.1. The molecular formula is C23H30N4O4S. The van der Waals surface area contributed by atoms with Crippen LogP contribution in [-0.4, -0.2) is 37.7 Å². The fraction of sp³-hybridized carbons (Fsp3) is 0.348. The predicted octanol–water partition coefficient (Wildman–Crippen LogP) is 3.99. The normalized spacial score (nSPS) is 12.1. The maximum absolute atomic E-state index is 12.4. The molecule has 0 fully saturated rings. The number of hydrogen-bond donors (Lipinski definition) is 1. The summed E-state index contributed by atoms with van der Waals surface area (Å²) in [7, 11) is -2.07. The van der Waals surface area contributed by atoms with Gasteiger partial charge in [-0.05, 0) is 32.0 Å². The summed E-state index contributed by atoms with van der Waals surface area (Å²) in [4.78, 5) is 12.4. The molecule has 8 nitrogen and oxygen atoms in total. The van der Waals surface area contributed by atoms with E-state index in [4.69, 9.17) is 10.2 Å². The van der Waals surface area contributed by atoms with Gasteiger partial charge in [0.05, 0.1) is 18.0 Å². The van der Waals surface area contributed by atoms with Gasteiger partial charge in [-0.15, -0.1) is 10.2 Å². The third-order valence-electron chi connectivity index (χ3n) is 4.61. The van der Waals surface area contributed by atoms with Crippen molar-refractivity contribution in [2.45, 2.75) is 33.7 Å². The van der Waals surface area contributed by atoms with Crippen LogP contribution in [0.15, 0.2) is 52.9 Å². The number of rotatable bonds is 6. The van der Waals surface area contributed by atoms with Gasteiger partial charge in [0.2, 0.25) is 21.8 Å². The number of anilines is 1. The molecule has 32 heavy (non-hydrogen) atoms. The summed E-state index contributed by atoms with van der Waals surface area (Å²) in [5.74, 6) is 0.0772. The van der Waals surface area contributed by atoms with Crippen molar-refractivity contribution >= 4 is 21.5 Å². The Labute approximate surface area is 189 Å². The molecular weight excluding hydrogens is 428 g/mol. The van der Waals surface area contributed by atoms with Gasteiger partial charge in [-0.2, -0.15) is 0 Å². The molecule has 0 radical (unpaired) electrons. The first-order valence-corrected chi connectivity index (χ1v) is 12.0. The quantitative estimate of drug-likeness (QED) is 0.555. The monoisotopic (exact) mass is 458 g/mol. The minimum absolute atomic E-state index is 0.114. The first-order chi connectivity index (χ1) is 14.9. The summed E-state index contributed by atoms with van der Waals surface area (Å²) in [5, 5.41) is 7.81. The number of sulfonamides is 1. The van der Waals surface area contributed by atoms with Crippen molar-refractivity contribution in [2.75, 3.05) is 17.6 Å². The fourth-order valence-electron chi connectivity index (χ4n) is 2.65. The standard InChI is InChI=1S/C16H22N4O4S.C7H8/c1-9(2)14(21)11-6-12(16-19-18-15(24-16)10(3)17)8-13(7-11)20(4)25(5,22)23;1-7-5-3-2-4-6-7/h6-10H,17H2,1-5H3;2-6H,1H3/t10-;/m0./s1. The second-order valence-electron chi connectivity index (χ2n) is 7.91. The van der Waals surface area contributed by atoms with Crippen LogP contribution in [0.5, 0.6) is 0 Å². The summed E-state index contributed by atoms with van der Waals surface area (Å²) in [6.45, 7) is 7.34. The van der Waals surface area contributed by atoms with Crippen molar-refractivity contribution in [2.24, 2.45) is 11.7 Å². The molecule has 0 aliphatic rings. The molecule has 1 heterocycles. The van der Waals surface area contributed by atoms with Gasteiger partial charge in [-0.3, -0.25) is 9.10 Å². The highest BCUT2D eigenvalue weighted by molar-refractivity contribution is 7.92. The number of carbonyl (C=O) groups excluding carboxylic acids is 1. The van der Waals surface area contributed by atoms with Crippen molar-refractivity contribution in [1.29, 1.82) is 0 Å². The van der Waals surface area contributed by atoms with E-state index in [2.05, 4.69) is 29.3 Å². The van der Waals surface area contributed by atoms with Crippen molar-refractivity contribution in [1.82, 2.24) is 10.2 Å². The Morgan fingerprint density at radius 2 is 1.69 bits per heavy atom. The van der Waals surface area contributed by atoms with Crippen molar-refractivity contribution in [3.63, 3.8) is 0 Å². The molecule has 0 spiro atoms. The van der Waals surface area contributed by atoms with E-state index in [1.165, 1.54) is 18.7 Å².